The van der Waals surface area contributed by atoms with Crippen LogP contribution in [0.3, 0.4) is 0 Å². The first-order valence-electron chi connectivity index (χ1n) is 18.0. The molecule has 0 atom stereocenters. The molecule has 4 aromatic heterocycles. The molecule has 0 aliphatic heterocycles. The Bertz CT molecular complexity index is 2440. The number of sulfone groups is 1. The molecule has 4 heterocycles. The van der Waals surface area contributed by atoms with Gasteiger partial charge in [0, 0.05) is 41.2 Å². The smallest absolute Gasteiger partial charge is 0.435 e. The van der Waals surface area contributed by atoms with Crippen LogP contribution in [0, 0.1) is 6.92 Å². The lowest BCUT2D eigenvalue weighted by atomic mass is 10.2. The van der Waals surface area contributed by atoms with E-state index in [1.807, 2.05) is 6.92 Å². The van der Waals surface area contributed by atoms with E-state index in [1.54, 1.807) is 36.7 Å². The molecule has 0 unspecified atom stereocenters. The number of aryl methyl sites for hydroxylation is 3. The van der Waals surface area contributed by atoms with E-state index < -0.39 is 104 Å². The summed E-state index contributed by atoms with van der Waals surface area (Å²) in [5.41, 5.74) is -2.60. The van der Waals surface area contributed by atoms with Crippen molar-refractivity contribution in [1.82, 2.24) is 29.5 Å². The van der Waals surface area contributed by atoms with E-state index in [4.69, 9.17) is 11.6 Å². The molecule has 0 aliphatic rings. The van der Waals surface area contributed by atoms with Crippen molar-refractivity contribution in [2.45, 2.75) is 96.1 Å². The van der Waals surface area contributed by atoms with Crippen LogP contribution in [0.4, 0.5) is 52.7 Å². The maximum Gasteiger partial charge on any atom is 0.435 e. The zero-order valence-electron chi connectivity index (χ0n) is 35.2. The molecule has 64 heavy (non-hydrogen) atoms. The Hall–Kier alpha value is -3.32. The highest BCUT2D eigenvalue weighted by molar-refractivity contribution is 8.00. The largest absolute Gasteiger partial charge is 0.468 e. The van der Waals surface area contributed by atoms with Gasteiger partial charge in [-0.15, -0.1) is 34.3 Å². The Balaban J connectivity index is 0.000000263. The zero-order chi connectivity index (χ0) is 49.0. The number of hydrogen-bond donors (Lipinski definition) is 0. The van der Waals surface area contributed by atoms with Crippen LogP contribution in [-0.4, -0.2) is 79.7 Å². The first kappa shape index (κ1) is 55.0. The van der Waals surface area contributed by atoms with Gasteiger partial charge in [-0.2, -0.15) is 62.9 Å². The van der Waals surface area contributed by atoms with Gasteiger partial charge in [0.1, 0.15) is 4.34 Å². The lowest BCUT2D eigenvalue weighted by Gasteiger charge is -2.12. The number of thioether (sulfide) groups is 1. The van der Waals surface area contributed by atoms with Crippen LogP contribution in [0.15, 0.2) is 50.2 Å². The summed E-state index contributed by atoms with van der Waals surface area (Å²) in [5, 5.41) is 6.38. The van der Waals surface area contributed by atoms with Crippen LogP contribution in [0.2, 0.25) is 39.3 Å². The van der Waals surface area contributed by atoms with Gasteiger partial charge in [0.05, 0.1) is 38.1 Å². The number of nitrogens with zero attached hydrogens (tertiary/aromatic N) is 6. The lowest BCUT2D eigenvalue weighted by Crippen LogP contribution is -2.34. The van der Waals surface area contributed by atoms with Crippen LogP contribution in [0.25, 0.3) is 0 Å². The van der Waals surface area contributed by atoms with Crippen molar-refractivity contribution in [3.05, 3.63) is 64.7 Å². The van der Waals surface area contributed by atoms with E-state index in [0.29, 0.717) is 18.6 Å². The third-order valence-electron chi connectivity index (χ3n) is 7.94. The van der Waals surface area contributed by atoms with Crippen LogP contribution in [-0.2, 0) is 47.9 Å². The molecule has 358 valence electrons. The summed E-state index contributed by atoms with van der Waals surface area (Å²) in [7, 11) is -4.43. The summed E-state index contributed by atoms with van der Waals surface area (Å²) in [6.45, 7) is 11.4. The minimum absolute atomic E-state index is 0.203. The van der Waals surface area contributed by atoms with Crippen LogP contribution < -0.4 is 18.5 Å². The molecule has 0 radical (unpaired) electrons. The fourth-order valence-electron chi connectivity index (χ4n) is 4.83. The molecule has 29 heteroatoms. The highest BCUT2D eigenvalue weighted by atomic mass is 35.5. The van der Waals surface area contributed by atoms with Crippen LogP contribution in [0.5, 0.6) is 11.8 Å². The number of benzene rings is 1. The van der Waals surface area contributed by atoms with Crippen molar-refractivity contribution < 1.29 is 70.6 Å². The summed E-state index contributed by atoms with van der Waals surface area (Å²) in [6, 6.07) is 6.89. The van der Waals surface area contributed by atoms with Gasteiger partial charge in [0.15, 0.2) is 24.6 Å². The van der Waals surface area contributed by atoms with Gasteiger partial charge in [-0.3, -0.25) is 0 Å². The number of thiazole rings is 2. The molecule has 0 bridgehead atoms. The van der Waals surface area contributed by atoms with E-state index in [1.165, 1.54) is 22.7 Å². The number of ether oxygens (including phenoxy) is 2. The van der Waals surface area contributed by atoms with Gasteiger partial charge >= 0.3 is 24.7 Å². The maximum absolute atomic E-state index is 13.2. The van der Waals surface area contributed by atoms with Gasteiger partial charge < -0.3 is 9.47 Å². The maximum atomic E-state index is 13.2. The quantitative estimate of drug-likeness (QED) is 0.0521. The SMILES string of the molecule is Cc1ccc(S(=O)(=O)c2ncc([Si](C)(C)C)s2)cc1.Cn1nc(C(F)(F)F)c(CCl)c1OCC(F)(F)F.Cn1nc(C(F)(F)F)c(CSc2ncc([Si](C)(C)C)s2)c1OCC(F)(F)F. The zero-order valence-corrected chi connectivity index (χ0v) is 41.2. The van der Waals surface area contributed by atoms with E-state index in [2.05, 4.69) is 68.9 Å². The molecule has 0 N–H and O–H groups in total. The molecule has 5 aromatic rings. The first-order valence-corrected chi connectivity index (χ1v) is 29.7. The third kappa shape index (κ3) is 15.7. The molecule has 0 saturated carbocycles. The van der Waals surface area contributed by atoms with Gasteiger partial charge in [0.25, 0.3) is 0 Å². The van der Waals surface area contributed by atoms with Crippen molar-refractivity contribution in [2.75, 3.05) is 13.2 Å². The highest BCUT2D eigenvalue weighted by Gasteiger charge is 2.42. The summed E-state index contributed by atoms with van der Waals surface area (Å²) < 4.78 is 188. The Morgan fingerprint density at radius 2 is 1.11 bits per heavy atom. The number of halogens is 13. The van der Waals surface area contributed by atoms with E-state index in [0.717, 1.165) is 40.4 Å². The molecule has 0 aliphatic carbocycles. The van der Waals surface area contributed by atoms with Crippen molar-refractivity contribution >= 4 is 81.0 Å². The fourth-order valence-corrected chi connectivity index (χ4v) is 13.5. The van der Waals surface area contributed by atoms with Gasteiger partial charge in [-0.05, 0) is 19.1 Å². The van der Waals surface area contributed by atoms with Crippen molar-refractivity contribution in [3.8, 4) is 11.8 Å². The minimum Gasteiger partial charge on any atom is -0.468 e. The second-order valence-electron chi connectivity index (χ2n) is 15.5. The summed E-state index contributed by atoms with van der Waals surface area (Å²) in [4.78, 5) is 8.63. The second kappa shape index (κ2) is 20.7. The third-order valence-corrected chi connectivity index (χ3v) is 20.7. The average Bonchev–Trinajstić information content (AvgIpc) is 3.94. The van der Waals surface area contributed by atoms with E-state index in [-0.39, 0.29) is 10.1 Å². The second-order valence-corrected chi connectivity index (χ2v) is 32.0. The summed E-state index contributed by atoms with van der Waals surface area (Å²) >= 11 is 9.00. The van der Waals surface area contributed by atoms with E-state index >= 15 is 0 Å². The van der Waals surface area contributed by atoms with Gasteiger partial charge in [-0.25, -0.2) is 27.7 Å². The van der Waals surface area contributed by atoms with Crippen molar-refractivity contribution in [3.63, 3.8) is 0 Å². The number of rotatable bonds is 12. The Kier molecular flexibility index (Phi) is 17.8. The molecule has 0 spiro atoms. The topological polar surface area (TPSA) is 114 Å². The molecular formula is C35H41ClF12N6O4S4Si2. The predicted molar refractivity (Wildman–Crippen MR) is 225 cm³/mol. The lowest BCUT2D eigenvalue weighted by molar-refractivity contribution is -0.155. The van der Waals surface area contributed by atoms with Crippen LogP contribution in [0.1, 0.15) is 28.1 Å². The highest BCUT2D eigenvalue weighted by Crippen LogP contribution is 2.40. The molecule has 0 fully saturated rings. The van der Waals surface area contributed by atoms with Crippen molar-refractivity contribution in [2.24, 2.45) is 14.1 Å². The normalized spacial score (nSPS) is 13.0. The fraction of sp³-hybridized carbons (Fsp3) is 0.486. The minimum atomic E-state index is -4.81. The molecule has 1 aromatic carbocycles. The Labute approximate surface area is 379 Å². The monoisotopic (exact) mass is 1060 g/mol. The number of aromatic nitrogens is 6. The Morgan fingerprint density at radius 1 is 0.688 bits per heavy atom. The molecule has 0 saturated heterocycles. The van der Waals surface area contributed by atoms with E-state index in [9.17, 15) is 61.1 Å². The van der Waals surface area contributed by atoms with Gasteiger partial charge in [-0.1, -0.05) is 68.7 Å². The molecule has 0 amide bonds. The average molecular weight is 1060 g/mol. The first-order chi connectivity index (χ1) is 29.0. The molecule has 10 nitrogen and oxygen atoms in total. The van der Waals surface area contributed by atoms with Crippen molar-refractivity contribution in [1.29, 1.82) is 0 Å². The number of alkyl halides is 13. The molecule has 5 rings (SSSR count). The van der Waals surface area contributed by atoms with Crippen LogP contribution >= 0.6 is 46.0 Å². The summed E-state index contributed by atoms with van der Waals surface area (Å²) in [5.74, 6) is -2.10. The molecular weight excluding hydrogens is 1020 g/mol. The predicted octanol–water partition coefficient (Wildman–Crippen LogP) is 10.6. The number of hydrogen-bond acceptors (Lipinski definition) is 11. The van der Waals surface area contributed by atoms with Gasteiger partial charge in [0.2, 0.25) is 25.9 Å². The summed E-state index contributed by atoms with van der Waals surface area (Å²) in [6.07, 6.45) is -15.5. The Morgan fingerprint density at radius 3 is 1.50 bits per heavy atom. The standard InChI is InChI=1S/C14H17F6N3OS2Si.C13H17NO2S2Si.C8H7ClF6N2O/c1-23-11(24-7-13(15,16)17)8(10(22-23)14(18,19)20)6-25-12-21-5-9(26-12)27(2,3)4;1-10-5-7-11(8-6-10)18(15,16)13-14-9-12(17-13)19(2,3)4;1-17-6(18-3-7(10,11)12)4(2-9)5(16-17)8(13,14)15/h5H,6-7H2,1-4H3;5-9H,1-4H3;2-3H2,1H3.